The van der Waals surface area contributed by atoms with E-state index in [1.165, 1.54) is 14.8 Å². The first-order valence-electron chi connectivity index (χ1n) is 8.85. The van der Waals surface area contributed by atoms with Crippen LogP contribution in [0.1, 0.15) is 22.5 Å². The lowest BCUT2D eigenvalue weighted by Crippen LogP contribution is -2.46. The summed E-state index contributed by atoms with van der Waals surface area (Å²) < 4.78 is 3.60. The van der Waals surface area contributed by atoms with Crippen LogP contribution < -0.4 is 11.1 Å². The molecule has 27 heavy (non-hydrogen) atoms. The minimum atomic E-state index is -0.138. The molecule has 2 aromatic heterocycles. The van der Waals surface area contributed by atoms with E-state index >= 15 is 0 Å². The van der Waals surface area contributed by atoms with E-state index in [0.29, 0.717) is 26.2 Å². The summed E-state index contributed by atoms with van der Waals surface area (Å²) in [6, 6.07) is 10.3. The Morgan fingerprint density at radius 2 is 2.04 bits per heavy atom. The first-order chi connectivity index (χ1) is 12.7. The van der Waals surface area contributed by atoms with Crippen LogP contribution in [0.3, 0.4) is 0 Å². The van der Waals surface area contributed by atoms with E-state index < -0.39 is 0 Å². The van der Waals surface area contributed by atoms with E-state index in [1.54, 1.807) is 22.7 Å². The van der Waals surface area contributed by atoms with E-state index in [9.17, 15) is 9.59 Å². The Labute approximate surface area is 171 Å². The summed E-state index contributed by atoms with van der Waals surface area (Å²) in [5, 5.41) is 4.06. The van der Waals surface area contributed by atoms with Crippen molar-refractivity contribution in [3.63, 3.8) is 0 Å². The molecule has 3 N–H and O–H groups in total. The number of likely N-dealkylation sites (tertiary alicyclic amines) is 1. The predicted octanol–water partition coefficient (Wildman–Crippen LogP) is 3.46. The third-order valence-corrected chi connectivity index (χ3v) is 7.19. The number of piperidine rings is 1. The van der Waals surface area contributed by atoms with Gasteiger partial charge in [0.2, 0.25) is 5.91 Å². The number of carbonyl (C=O) groups excluding carboxylic acids is 2. The number of carbonyl (C=O) groups is 2. The second-order valence-electron chi connectivity index (χ2n) is 6.57. The van der Waals surface area contributed by atoms with Crippen LogP contribution in [-0.2, 0) is 4.79 Å². The number of rotatable bonds is 4. The molecule has 0 aliphatic carbocycles. The lowest BCUT2D eigenvalue weighted by atomic mass is 9.97. The van der Waals surface area contributed by atoms with Crippen molar-refractivity contribution in [3.05, 3.63) is 35.2 Å². The van der Waals surface area contributed by atoms with Crippen molar-refractivity contribution in [3.8, 4) is 0 Å². The quantitative estimate of drug-likeness (QED) is 0.674. The fourth-order valence-corrected chi connectivity index (χ4v) is 5.97. The molecule has 2 amide bonds. The van der Waals surface area contributed by atoms with Gasteiger partial charge < -0.3 is 16.0 Å². The molecule has 4 rings (SSSR count). The molecule has 1 aliphatic heterocycles. The molecule has 3 heterocycles. The Morgan fingerprint density at radius 1 is 1.22 bits per heavy atom. The van der Waals surface area contributed by atoms with Gasteiger partial charge in [0.1, 0.15) is 0 Å². The number of fused-ring (bicyclic) bond motifs is 3. The summed E-state index contributed by atoms with van der Waals surface area (Å²) in [7, 11) is 0. The molecule has 1 saturated heterocycles. The van der Waals surface area contributed by atoms with Gasteiger partial charge in [-0.15, -0.1) is 35.1 Å². The number of halogens is 1. The van der Waals surface area contributed by atoms with Gasteiger partial charge in [-0.1, -0.05) is 18.2 Å². The smallest absolute Gasteiger partial charge is 0.264 e. The summed E-state index contributed by atoms with van der Waals surface area (Å²) in [4.78, 5) is 27.8. The van der Waals surface area contributed by atoms with Crippen molar-refractivity contribution in [2.24, 2.45) is 11.7 Å². The topological polar surface area (TPSA) is 75.4 Å². The van der Waals surface area contributed by atoms with E-state index in [0.717, 1.165) is 22.4 Å². The van der Waals surface area contributed by atoms with Crippen LogP contribution in [-0.4, -0.2) is 42.9 Å². The Bertz CT molecular complexity index is 968. The number of nitrogens with zero attached hydrogens (tertiary/aromatic N) is 1. The molecule has 1 fully saturated rings. The van der Waals surface area contributed by atoms with Crippen LogP contribution in [0.4, 0.5) is 0 Å². The standard InChI is InChI=1S/C19H21N3O2S2.ClH/c20-7-8-21-18(23)12-4-3-9-22(11-12)19(24)16-10-15-17(26-16)13-5-1-2-6-14(13)25-15;/h1-2,5-6,10,12H,3-4,7-9,11,20H2,(H,21,23);1H. The molecule has 1 aliphatic rings. The highest BCUT2D eigenvalue weighted by molar-refractivity contribution is 7.33. The molecule has 3 aromatic rings. The van der Waals surface area contributed by atoms with Gasteiger partial charge in [-0.3, -0.25) is 9.59 Å². The molecule has 0 spiro atoms. The van der Waals surface area contributed by atoms with Gasteiger partial charge in [0.05, 0.1) is 15.5 Å². The second kappa shape index (κ2) is 8.56. The average molecular weight is 424 g/mol. The zero-order valence-corrected chi connectivity index (χ0v) is 17.2. The van der Waals surface area contributed by atoms with Crippen LogP contribution in [0, 0.1) is 5.92 Å². The molecule has 1 aromatic carbocycles. The van der Waals surface area contributed by atoms with Gasteiger partial charge in [0.15, 0.2) is 0 Å². The summed E-state index contributed by atoms with van der Waals surface area (Å²) >= 11 is 3.29. The molecular weight excluding hydrogens is 402 g/mol. The summed E-state index contributed by atoms with van der Waals surface area (Å²) in [6.07, 6.45) is 1.68. The number of thiophene rings is 2. The first kappa shape index (κ1) is 20.1. The van der Waals surface area contributed by atoms with Crippen LogP contribution in [0.15, 0.2) is 30.3 Å². The van der Waals surface area contributed by atoms with Crippen molar-refractivity contribution in [1.29, 1.82) is 0 Å². The largest absolute Gasteiger partial charge is 0.355 e. The Balaban J connectivity index is 0.00000210. The van der Waals surface area contributed by atoms with Gasteiger partial charge in [0, 0.05) is 41.0 Å². The van der Waals surface area contributed by atoms with Crippen LogP contribution >= 0.6 is 35.1 Å². The number of hydrogen-bond donors (Lipinski definition) is 2. The molecule has 1 atom stereocenters. The Kier molecular flexibility index (Phi) is 6.37. The minimum Gasteiger partial charge on any atom is -0.355 e. The van der Waals surface area contributed by atoms with E-state index in [-0.39, 0.29) is 30.1 Å². The molecule has 0 bridgehead atoms. The fourth-order valence-electron chi connectivity index (χ4n) is 3.48. The van der Waals surface area contributed by atoms with Crippen LogP contribution in [0.25, 0.3) is 19.5 Å². The van der Waals surface area contributed by atoms with Crippen LogP contribution in [0.5, 0.6) is 0 Å². The highest BCUT2D eigenvalue weighted by Crippen LogP contribution is 2.39. The molecule has 0 radical (unpaired) electrons. The van der Waals surface area contributed by atoms with Gasteiger partial charge in [-0.05, 0) is 25.0 Å². The highest BCUT2D eigenvalue weighted by atomic mass is 35.5. The molecule has 1 unspecified atom stereocenters. The molecule has 0 saturated carbocycles. The van der Waals surface area contributed by atoms with Gasteiger partial charge >= 0.3 is 0 Å². The van der Waals surface area contributed by atoms with Gasteiger partial charge in [-0.2, -0.15) is 0 Å². The van der Waals surface area contributed by atoms with Gasteiger partial charge in [0.25, 0.3) is 5.91 Å². The molecular formula is C19H22ClN3O2S2. The summed E-state index contributed by atoms with van der Waals surface area (Å²) in [5.74, 6) is -0.0916. The fraction of sp³-hybridized carbons (Fsp3) is 0.368. The third-order valence-electron chi connectivity index (χ3n) is 4.78. The highest BCUT2D eigenvalue weighted by Gasteiger charge is 2.29. The van der Waals surface area contributed by atoms with Crippen molar-refractivity contribution < 1.29 is 9.59 Å². The van der Waals surface area contributed by atoms with E-state index in [1.807, 2.05) is 23.1 Å². The zero-order valence-electron chi connectivity index (χ0n) is 14.8. The van der Waals surface area contributed by atoms with Crippen molar-refractivity contribution in [2.45, 2.75) is 12.8 Å². The maximum Gasteiger partial charge on any atom is 0.264 e. The van der Waals surface area contributed by atoms with E-state index in [4.69, 9.17) is 5.73 Å². The van der Waals surface area contributed by atoms with Crippen LogP contribution in [0.2, 0.25) is 0 Å². The summed E-state index contributed by atoms with van der Waals surface area (Å²) in [5.41, 5.74) is 5.45. The lowest BCUT2D eigenvalue weighted by molar-refractivity contribution is -0.126. The number of benzene rings is 1. The zero-order chi connectivity index (χ0) is 18.1. The SMILES string of the molecule is Cl.NCCNC(=O)C1CCCN(C(=O)c2cc3sc4ccccc4c3s2)C1. The number of nitrogens with one attached hydrogen (secondary N) is 1. The maximum absolute atomic E-state index is 13.0. The number of hydrogen-bond acceptors (Lipinski definition) is 5. The molecule has 8 heteroatoms. The van der Waals surface area contributed by atoms with Gasteiger partial charge in [-0.25, -0.2) is 0 Å². The Hall–Kier alpha value is -1.67. The summed E-state index contributed by atoms with van der Waals surface area (Å²) in [6.45, 7) is 2.12. The molecule has 5 nitrogen and oxygen atoms in total. The monoisotopic (exact) mass is 423 g/mol. The maximum atomic E-state index is 13.0. The minimum absolute atomic E-state index is 0. The average Bonchev–Trinajstić information content (AvgIpc) is 3.23. The number of amides is 2. The van der Waals surface area contributed by atoms with E-state index in [2.05, 4.69) is 17.4 Å². The lowest BCUT2D eigenvalue weighted by Gasteiger charge is -2.31. The van der Waals surface area contributed by atoms with Crippen molar-refractivity contribution >= 4 is 66.4 Å². The Morgan fingerprint density at radius 3 is 2.85 bits per heavy atom. The predicted molar refractivity (Wildman–Crippen MR) is 115 cm³/mol. The van der Waals surface area contributed by atoms with Crippen molar-refractivity contribution in [1.82, 2.24) is 10.2 Å². The normalized spacial score (nSPS) is 17.1. The third kappa shape index (κ3) is 3.96. The first-order valence-corrected chi connectivity index (χ1v) is 10.5. The molecule has 144 valence electrons. The second-order valence-corrected chi connectivity index (χ2v) is 8.71. The van der Waals surface area contributed by atoms with Crippen molar-refractivity contribution in [2.75, 3.05) is 26.2 Å². The number of nitrogens with two attached hydrogens (primary N) is 1.